The fraction of sp³-hybridized carbons (Fsp3) is 0.657. The maximum atomic E-state index is 11.8. The highest BCUT2D eigenvalue weighted by molar-refractivity contribution is 5.72. The Kier molecular flexibility index (Phi) is 7.31. The van der Waals surface area contributed by atoms with E-state index in [9.17, 15) is 10.2 Å². The smallest absolute Gasteiger partial charge is 0.142 e. The van der Waals surface area contributed by atoms with Gasteiger partial charge >= 0.3 is 0 Å². The molecular weight excluding hydrogens is 480 g/mol. The van der Waals surface area contributed by atoms with Crippen LogP contribution in [-0.4, -0.2) is 29.0 Å². The first-order chi connectivity index (χ1) is 17.7. The summed E-state index contributed by atoms with van der Waals surface area (Å²) in [5.74, 6) is 0.814. The Labute approximate surface area is 238 Å². The van der Waals surface area contributed by atoms with E-state index in [0.717, 1.165) is 35.3 Å². The van der Waals surface area contributed by atoms with Gasteiger partial charge in [-0.1, -0.05) is 108 Å². The molecule has 2 aromatic carbocycles. The molecule has 2 aliphatic rings. The van der Waals surface area contributed by atoms with Crippen molar-refractivity contribution < 1.29 is 10.2 Å². The third-order valence-electron chi connectivity index (χ3n) is 8.95. The van der Waals surface area contributed by atoms with E-state index in [1.165, 1.54) is 24.0 Å². The lowest BCUT2D eigenvalue weighted by molar-refractivity contribution is 0.399. The van der Waals surface area contributed by atoms with Gasteiger partial charge in [0.2, 0.25) is 0 Å². The third-order valence-corrected chi connectivity index (χ3v) is 8.95. The predicted octanol–water partition coefficient (Wildman–Crippen LogP) is 8.88. The van der Waals surface area contributed by atoms with E-state index < -0.39 is 0 Å². The second kappa shape index (κ2) is 9.63. The van der Waals surface area contributed by atoms with Gasteiger partial charge in [-0.05, 0) is 57.8 Å². The quantitative estimate of drug-likeness (QED) is 0.404. The monoisotopic (exact) mass is 534 g/mol. The maximum Gasteiger partial charge on any atom is 0.142 e. The third kappa shape index (κ3) is 5.63. The van der Waals surface area contributed by atoms with E-state index in [1.54, 1.807) is 0 Å². The number of aromatic hydroxyl groups is 2. The van der Waals surface area contributed by atoms with Gasteiger partial charge in [0.15, 0.2) is 0 Å². The van der Waals surface area contributed by atoms with Crippen molar-refractivity contribution in [2.24, 2.45) is 0 Å². The topological polar surface area (TPSA) is 46.9 Å². The van der Waals surface area contributed by atoms with Gasteiger partial charge in [0, 0.05) is 11.1 Å². The van der Waals surface area contributed by atoms with Crippen LogP contribution < -0.4 is 9.80 Å². The molecule has 0 bridgehead atoms. The fourth-order valence-electron chi connectivity index (χ4n) is 6.39. The summed E-state index contributed by atoms with van der Waals surface area (Å²) in [6.07, 6.45) is 4.57. The van der Waals surface area contributed by atoms with Crippen molar-refractivity contribution in [2.45, 2.75) is 143 Å². The number of fused-ring (bicyclic) bond motifs is 1. The average molecular weight is 535 g/mol. The minimum absolute atomic E-state index is 0.0330. The van der Waals surface area contributed by atoms with Crippen LogP contribution in [0.3, 0.4) is 0 Å². The molecule has 1 aliphatic carbocycles. The minimum Gasteiger partial charge on any atom is -0.505 e. The van der Waals surface area contributed by atoms with Crippen LogP contribution in [0.15, 0.2) is 24.3 Å². The summed E-state index contributed by atoms with van der Waals surface area (Å²) >= 11 is 0. The van der Waals surface area contributed by atoms with E-state index in [-0.39, 0.29) is 21.7 Å². The molecule has 4 rings (SSSR count). The zero-order valence-electron chi connectivity index (χ0n) is 26.8. The minimum atomic E-state index is -0.174. The Hall–Kier alpha value is -2.36. The van der Waals surface area contributed by atoms with Crippen LogP contribution in [-0.2, 0) is 21.7 Å². The molecule has 2 atom stereocenters. The summed E-state index contributed by atoms with van der Waals surface area (Å²) in [4.78, 5) is 4.90. The number of benzene rings is 2. The zero-order chi connectivity index (χ0) is 29.3. The number of hydrogen-bond donors (Lipinski definition) is 2. The number of nitrogens with zero attached hydrogens (tertiary/aromatic N) is 2. The first-order valence-electron chi connectivity index (χ1n) is 15.0. The molecule has 0 aromatic heterocycles. The van der Waals surface area contributed by atoms with Gasteiger partial charge in [0.25, 0.3) is 0 Å². The van der Waals surface area contributed by atoms with E-state index in [2.05, 4.69) is 117 Å². The number of anilines is 2. The van der Waals surface area contributed by atoms with Gasteiger partial charge in [-0.2, -0.15) is 0 Å². The van der Waals surface area contributed by atoms with E-state index in [4.69, 9.17) is 0 Å². The zero-order valence-corrected chi connectivity index (χ0v) is 26.8. The van der Waals surface area contributed by atoms with E-state index in [0.29, 0.717) is 30.3 Å². The molecule has 4 nitrogen and oxygen atoms in total. The first-order valence-corrected chi connectivity index (χ1v) is 15.0. The molecule has 2 N–H and O–H groups in total. The Bertz CT molecular complexity index is 1120. The molecule has 39 heavy (non-hydrogen) atoms. The lowest BCUT2D eigenvalue weighted by atomic mass is 9.79. The van der Waals surface area contributed by atoms with Gasteiger partial charge in [0.05, 0.1) is 30.1 Å². The largest absolute Gasteiger partial charge is 0.505 e. The summed E-state index contributed by atoms with van der Waals surface area (Å²) in [6, 6.07) is 9.46. The van der Waals surface area contributed by atoms with Crippen molar-refractivity contribution in [1.82, 2.24) is 0 Å². The van der Waals surface area contributed by atoms with Gasteiger partial charge in [-0.3, -0.25) is 0 Å². The van der Waals surface area contributed by atoms with Gasteiger partial charge < -0.3 is 20.0 Å². The average Bonchev–Trinajstić information content (AvgIpc) is 3.15. The molecule has 2 fully saturated rings. The summed E-state index contributed by atoms with van der Waals surface area (Å²) in [5, 5.41) is 23.5. The number of phenols is 2. The Morgan fingerprint density at radius 3 is 1.15 bits per heavy atom. The number of hydrogen-bond acceptors (Lipinski definition) is 4. The molecule has 1 saturated carbocycles. The van der Waals surface area contributed by atoms with Crippen molar-refractivity contribution in [2.75, 3.05) is 16.5 Å². The first kappa shape index (κ1) is 29.6. The van der Waals surface area contributed by atoms with Crippen LogP contribution >= 0.6 is 0 Å². The summed E-state index contributed by atoms with van der Waals surface area (Å²) in [7, 11) is 0. The molecule has 2 unspecified atom stereocenters. The molecule has 0 radical (unpaired) electrons. The van der Waals surface area contributed by atoms with Crippen molar-refractivity contribution in [3.8, 4) is 11.5 Å². The van der Waals surface area contributed by atoms with E-state index >= 15 is 0 Å². The molecule has 0 spiro atoms. The Balaban J connectivity index is 1.91. The molecule has 1 heterocycles. The van der Waals surface area contributed by atoms with Crippen LogP contribution in [0.1, 0.15) is 131 Å². The summed E-state index contributed by atoms with van der Waals surface area (Å²) in [6.45, 7) is 27.2. The second-order valence-corrected chi connectivity index (χ2v) is 16.3. The lowest BCUT2D eigenvalue weighted by Gasteiger charge is -2.36. The molecule has 0 amide bonds. The maximum absolute atomic E-state index is 11.8. The highest BCUT2D eigenvalue weighted by atomic mass is 16.3. The molecule has 1 saturated heterocycles. The molecule has 2 aromatic rings. The van der Waals surface area contributed by atoms with Gasteiger partial charge in [-0.25, -0.2) is 0 Å². The standard InChI is InChI=1S/C35H54N2O2/c1-32(2,3)22-17-24(34(7,8)9)30(38)28(19-22)36-21-37(27-16-14-13-15-26(27)36)29-20-23(33(4,5)6)18-25(31(29)39)35(10,11)12/h17-20,26-27,38-39H,13-16,21H2,1-12H3. The van der Waals surface area contributed by atoms with E-state index in [1.807, 2.05) is 0 Å². The second-order valence-electron chi connectivity index (χ2n) is 16.3. The van der Waals surface area contributed by atoms with Gasteiger partial charge in [0.1, 0.15) is 11.5 Å². The van der Waals surface area contributed by atoms with Crippen LogP contribution in [0.25, 0.3) is 0 Å². The van der Waals surface area contributed by atoms with Crippen LogP contribution in [0, 0.1) is 0 Å². The highest BCUT2D eigenvalue weighted by Crippen LogP contribution is 2.49. The highest BCUT2D eigenvalue weighted by Gasteiger charge is 2.44. The normalized spacial score (nSPS) is 20.9. The molecule has 1 aliphatic heterocycles. The van der Waals surface area contributed by atoms with Crippen LogP contribution in [0.4, 0.5) is 11.4 Å². The Morgan fingerprint density at radius 2 is 0.872 bits per heavy atom. The van der Waals surface area contributed by atoms with Crippen molar-refractivity contribution >= 4 is 11.4 Å². The Morgan fingerprint density at radius 1 is 0.538 bits per heavy atom. The van der Waals surface area contributed by atoms with Crippen LogP contribution in [0.2, 0.25) is 0 Å². The van der Waals surface area contributed by atoms with Crippen molar-refractivity contribution in [3.63, 3.8) is 0 Å². The summed E-state index contributed by atoms with van der Waals surface area (Å²) < 4.78 is 0. The fourth-order valence-corrected chi connectivity index (χ4v) is 6.39. The number of phenolic OH excluding ortho intramolecular Hbond substituents is 2. The molecule has 4 heteroatoms. The van der Waals surface area contributed by atoms with Crippen LogP contribution in [0.5, 0.6) is 11.5 Å². The van der Waals surface area contributed by atoms with Gasteiger partial charge in [-0.15, -0.1) is 0 Å². The predicted molar refractivity (Wildman–Crippen MR) is 167 cm³/mol. The molecule has 216 valence electrons. The molecular formula is C35H54N2O2. The summed E-state index contributed by atoms with van der Waals surface area (Å²) in [5.41, 5.74) is 5.97. The SMILES string of the molecule is CC(C)(C)c1cc(N2CN(c3cc(C(C)(C)C)cc(C(C)(C)C)c3O)C3CCCCC32)c(O)c(C(C)(C)C)c1. The lowest BCUT2D eigenvalue weighted by Crippen LogP contribution is -2.40. The number of rotatable bonds is 2. The van der Waals surface area contributed by atoms with Crippen molar-refractivity contribution in [3.05, 3.63) is 46.5 Å². The van der Waals surface area contributed by atoms with Crippen molar-refractivity contribution in [1.29, 1.82) is 0 Å².